The number of carbonyl (C=O) groups is 4. The number of aliphatic carboxylic acids is 1. The smallest absolute Gasteiger partial charge is 0.329 e. The highest BCUT2D eigenvalue weighted by Gasteiger charge is 2.37. The van der Waals surface area contributed by atoms with E-state index < -0.39 is 42.7 Å². The van der Waals surface area contributed by atoms with Crippen LogP contribution in [0.5, 0.6) is 0 Å². The second-order valence-electron chi connectivity index (χ2n) is 9.76. The number of hydrogen-bond donors (Lipinski definition) is 5. The Bertz CT molecular complexity index is 1160. The summed E-state index contributed by atoms with van der Waals surface area (Å²) in [6.45, 7) is 7.54. The molecule has 0 aromatic carbocycles. The number of carbonyl (C=O) groups excluding carboxylic acids is 3. The fraction of sp³-hybridized carbons (Fsp3) is 0.577. The number of amides is 3. The van der Waals surface area contributed by atoms with Crippen molar-refractivity contribution in [3.8, 4) is 0 Å². The lowest BCUT2D eigenvalue weighted by Gasteiger charge is -2.35. The van der Waals surface area contributed by atoms with Gasteiger partial charge in [-0.05, 0) is 57.6 Å². The molecule has 2 aliphatic rings. The van der Waals surface area contributed by atoms with Crippen LogP contribution in [-0.4, -0.2) is 88.4 Å². The van der Waals surface area contributed by atoms with Gasteiger partial charge >= 0.3 is 5.97 Å². The van der Waals surface area contributed by atoms with E-state index in [1.165, 1.54) is 11.3 Å². The number of aromatic nitrogens is 1. The number of nitrogens with one attached hydrogen (secondary N) is 3. The summed E-state index contributed by atoms with van der Waals surface area (Å²) in [4.78, 5) is 52.8. The average molecular weight is 548 g/mol. The van der Waals surface area contributed by atoms with Gasteiger partial charge in [-0.25, -0.2) is 10.2 Å². The zero-order valence-electron chi connectivity index (χ0n) is 22.2. The molecule has 1 saturated carbocycles. The third-order valence-electron chi connectivity index (χ3n) is 6.45. The van der Waals surface area contributed by atoms with Crippen molar-refractivity contribution in [2.75, 3.05) is 26.4 Å². The van der Waals surface area contributed by atoms with Gasteiger partial charge in [-0.1, -0.05) is 6.58 Å². The first-order chi connectivity index (χ1) is 18.6. The molecule has 2 fully saturated rings. The molecule has 1 aliphatic heterocycles. The maximum absolute atomic E-state index is 13.0. The van der Waals surface area contributed by atoms with Gasteiger partial charge in [0.15, 0.2) is 0 Å². The SMILES string of the molecule is C=c1nc([C@@H](C)NC(=O)[C@@H]2CCCN(C(=O)[C@H](C)NC(=O)[C@@H](O)C3CC3)N2)cc/c1=C/OCCOCC(=O)O. The van der Waals surface area contributed by atoms with Gasteiger partial charge in [0.1, 0.15) is 31.4 Å². The molecular weight excluding hydrogens is 510 g/mol. The van der Waals surface area contributed by atoms with Crippen LogP contribution in [0, 0.1) is 5.92 Å². The van der Waals surface area contributed by atoms with Crippen molar-refractivity contribution < 1.29 is 38.9 Å². The summed E-state index contributed by atoms with van der Waals surface area (Å²) < 4.78 is 10.2. The molecule has 39 heavy (non-hydrogen) atoms. The van der Waals surface area contributed by atoms with E-state index in [1.54, 1.807) is 26.0 Å². The van der Waals surface area contributed by atoms with Crippen molar-refractivity contribution >= 4 is 36.5 Å². The summed E-state index contributed by atoms with van der Waals surface area (Å²) in [5, 5.41) is 26.4. The van der Waals surface area contributed by atoms with E-state index in [1.807, 2.05) is 0 Å². The van der Waals surface area contributed by atoms with Crippen molar-refractivity contribution in [3.63, 3.8) is 0 Å². The Morgan fingerprint density at radius 3 is 2.62 bits per heavy atom. The fourth-order valence-corrected chi connectivity index (χ4v) is 4.04. The molecule has 1 saturated heterocycles. The molecule has 214 valence electrons. The number of ether oxygens (including phenoxy) is 2. The van der Waals surface area contributed by atoms with Crippen molar-refractivity contribution in [1.29, 1.82) is 0 Å². The van der Waals surface area contributed by atoms with E-state index >= 15 is 0 Å². The second-order valence-corrected chi connectivity index (χ2v) is 9.76. The Morgan fingerprint density at radius 2 is 1.95 bits per heavy atom. The van der Waals surface area contributed by atoms with Crippen LogP contribution in [0.2, 0.25) is 0 Å². The molecule has 1 aromatic heterocycles. The largest absolute Gasteiger partial charge is 0.498 e. The van der Waals surface area contributed by atoms with E-state index in [2.05, 4.69) is 27.6 Å². The van der Waals surface area contributed by atoms with E-state index in [0.29, 0.717) is 35.6 Å². The van der Waals surface area contributed by atoms with Crippen LogP contribution in [0.15, 0.2) is 12.1 Å². The van der Waals surface area contributed by atoms with Crippen molar-refractivity contribution in [2.45, 2.75) is 63.8 Å². The number of rotatable bonds is 13. The van der Waals surface area contributed by atoms with Crippen LogP contribution in [0.3, 0.4) is 0 Å². The third-order valence-corrected chi connectivity index (χ3v) is 6.45. The third kappa shape index (κ3) is 9.01. The first-order valence-electron chi connectivity index (χ1n) is 13.0. The molecule has 3 amide bonds. The quantitative estimate of drug-likeness (QED) is 0.179. The fourth-order valence-electron chi connectivity index (χ4n) is 4.04. The first kappa shape index (κ1) is 30.0. The van der Waals surface area contributed by atoms with Gasteiger partial charge in [-0.15, -0.1) is 0 Å². The van der Waals surface area contributed by atoms with Gasteiger partial charge in [0.05, 0.1) is 30.0 Å². The summed E-state index contributed by atoms with van der Waals surface area (Å²) in [5.41, 5.74) is 3.54. The Labute approximate surface area is 226 Å². The van der Waals surface area contributed by atoms with Gasteiger partial charge in [0, 0.05) is 11.8 Å². The summed E-state index contributed by atoms with van der Waals surface area (Å²) >= 11 is 0. The summed E-state index contributed by atoms with van der Waals surface area (Å²) in [6.07, 6.45) is 3.08. The molecule has 0 bridgehead atoms. The zero-order chi connectivity index (χ0) is 28.5. The highest BCUT2D eigenvalue weighted by molar-refractivity contribution is 5.89. The summed E-state index contributed by atoms with van der Waals surface area (Å²) in [5.74, 6) is -2.33. The number of aliphatic hydroxyl groups is 1. The number of hydrogen-bond acceptors (Lipinski definition) is 9. The number of carboxylic acids is 1. The maximum atomic E-state index is 13.0. The Balaban J connectivity index is 1.49. The van der Waals surface area contributed by atoms with Gasteiger partial charge in [-0.2, -0.15) is 0 Å². The summed E-state index contributed by atoms with van der Waals surface area (Å²) in [6, 6.07) is 1.55. The van der Waals surface area contributed by atoms with Crippen LogP contribution in [-0.2, 0) is 28.7 Å². The van der Waals surface area contributed by atoms with E-state index in [9.17, 15) is 24.3 Å². The minimum absolute atomic E-state index is 0.0378. The average Bonchev–Trinajstić information content (AvgIpc) is 3.75. The van der Waals surface area contributed by atoms with E-state index in [0.717, 1.165) is 12.8 Å². The normalized spacial score (nSPS) is 20.0. The molecule has 4 atom stereocenters. The van der Waals surface area contributed by atoms with Crippen molar-refractivity contribution in [3.05, 3.63) is 28.4 Å². The highest BCUT2D eigenvalue weighted by atomic mass is 16.5. The van der Waals surface area contributed by atoms with Gasteiger partial charge in [0.2, 0.25) is 11.8 Å². The standard InChI is InChI=1S/C26H37N5O8/c1-15-19(13-38-11-12-39-14-22(32)33)8-9-20(27-15)16(2)28-24(35)21-5-4-10-31(30-21)26(37)17(3)29-25(36)23(34)18-6-7-18/h8-9,13,16-18,21,23,30,34H,1,4-7,10-12,14H2,2-3H3,(H,28,35)(H,29,36)(H,32,33)/b19-13-/t16-,17+,21+,23+/m1/s1. The Hall–Kier alpha value is -3.55. The summed E-state index contributed by atoms with van der Waals surface area (Å²) in [7, 11) is 0. The number of pyridine rings is 1. The molecule has 0 unspecified atom stereocenters. The van der Waals surface area contributed by atoms with Crippen LogP contribution >= 0.6 is 0 Å². The molecule has 5 N–H and O–H groups in total. The molecule has 13 nitrogen and oxygen atoms in total. The van der Waals surface area contributed by atoms with Crippen LogP contribution in [0.1, 0.15) is 51.3 Å². The van der Waals surface area contributed by atoms with E-state index in [-0.39, 0.29) is 30.9 Å². The number of nitrogens with zero attached hydrogens (tertiary/aromatic N) is 2. The minimum Gasteiger partial charge on any atom is -0.498 e. The topological polar surface area (TPSA) is 179 Å². The molecule has 0 spiro atoms. The predicted molar refractivity (Wildman–Crippen MR) is 139 cm³/mol. The molecule has 3 rings (SSSR count). The second kappa shape index (κ2) is 14.0. The maximum Gasteiger partial charge on any atom is 0.329 e. The van der Waals surface area contributed by atoms with Gasteiger partial charge in [0.25, 0.3) is 5.91 Å². The molecule has 13 heteroatoms. The minimum atomic E-state index is -1.11. The number of hydrazine groups is 1. The monoisotopic (exact) mass is 547 g/mol. The highest BCUT2D eigenvalue weighted by Crippen LogP contribution is 2.32. The molecule has 1 aromatic rings. The number of aliphatic hydroxyl groups excluding tert-OH is 1. The Kier molecular flexibility index (Phi) is 10.8. The molecule has 1 aliphatic carbocycles. The first-order valence-corrected chi connectivity index (χ1v) is 13.0. The van der Waals surface area contributed by atoms with Crippen LogP contribution in [0.4, 0.5) is 0 Å². The molecular formula is C26H37N5O8. The van der Waals surface area contributed by atoms with Crippen molar-refractivity contribution in [1.82, 2.24) is 26.1 Å². The Morgan fingerprint density at radius 1 is 1.21 bits per heavy atom. The zero-order valence-corrected chi connectivity index (χ0v) is 22.2. The lowest BCUT2D eigenvalue weighted by Crippen LogP contribution is -2.61. The van der Waals surface area contributed by atoms with Gasteiger partial charge in [-0.3, -0.25) is 24.4 Å². The van der Waals surface area contributed by atoms with E-state index in [4.69, 9.17) is 14.6 Å². The molecule has 2 heterocycles. The lowest BCUT2D eigenvalue weighted by atomic mass is 10.1. The van der Waals surface area contributed by atoms with Gasteiger partial charge < -0.3 is 30.3 Å². The number of carboxylic acid groups (broad SMARTS) is 1. The van der Waals surface area contributed by atoms with Crippen LogP contribution in [0.25, 0.3) is 12.8 Å². The van der Waals surface area contributed by atoms with Crippen molar-refractivity contribution in [2.24, 2.45) is 5.92 Å². The molecule has 0 radical (unpaired) electrons. The predicted octanol–water partition coefficient (Wildman–Crippen LogP) is -1.70. The van der Waals surface area contributed by atoms with Crippen LogP contribution < -0.4 is 26.6 Å². The lowest BCUT2D eigenvalue weighted by molar-refractivity contribution is -0.144.